The van der Waals surface area contributed by atoms with E-state index in [1.807, 2.05) is 38.1 Å². The van der Waals surface area contributed by atoms with Gasteiger partial charge < -0.3 is 5.32 Å². The van der Waals surface area contributed by atoms with E-state index < -0.39 is 0 Å². The molecule has 0 aliphatic carbocycles. The third kappa shape index (κ3) is 3.37. The average molecular weight is 339 g/mol. The number of aryl methyl sites for hydroxylation is 2. The number of halogens is 2. The topological polar surface area (TPSA) is 29.1 Å². The predicted molar refractivity (Wildman–Crippen MR) is 83.0 cm³/mol. The van der Waals surface area contributed by atoms with E-state index in [0.717, 1.165) is 15.6 Å². The zero-order valence-electron chi connectivity index (χ0n) is 10.6. The van der Waals surface area contributed by atoms with Gasteiger partial charge >= 0.3 is 0 Å². The lowest BCUT2D eigenvalue weighted by Gasteiger charge is -2.11. The van der Waals surface area contributed by atoms with E-state index >= 15 is 0 Å². The van der Waals surface area contributed by atoms with Crippen molar-refractivity contribution in [2.75, 3.05) is 5.32 Å². The van der Waals surface area contributed by atoms with Gasteiger partial charge in [0.15, 0.2) is 0 Å². The van der Waals surface area contributed by atoms with Gasteiger partial charge in [-0.3, -0.25) is 4.79 Å². The molecule has 0 fully saturated rings. The molecule has 19 heavy (non-hydrogen) atoms. The molecular formula is C15H13BrClNO. The Balaban J connectivity index is 2.29. The molecular weight excluding hydrogens is 326 g/mol. The number of nitrogens with one attached hydrogen (secondary N) is 1. The number of benzene rings is 2. The molecule has 2 rings (SSSR count). The fraction of sp³-hybridized carbons (Fsp3) is 0.133. The molecule has 0 aliphatic rings. The molecule has 2 aromatic rings. The van der Waals surface area contributed by atoms with Crippen molar-refractivity contribution in [2.45, 2.75) is 13.8 Å². The number of carbonyl (C=O) groups is 1. The summed E-state index contributed by atoms with van der Waals surface area (Å²) in [5.74, 6) is -0.171. The Kier molecular flexibility index (Phi) is 4.27. The Bertz CT molecular complexity index is 617. The zero-order chi connectivity index (χ0) is 14.0. The lowest BCUT2D eigenvalue weighted by Crippen LogP contribution is -2.13. The average Bonchev–Trinajstić information content (AvgIpc) is 2.33. The van der Waals surface area contributed by atoms with E-state index in [9.17, 15) is 4.79 Å². The fourth-order valence-electron chi connectivity index (χ4n) is 1.89. The van der Waals surface area contributed by atoms with Crippen LogP contribution in [-0.4, -0.2) is 5.91 Å². The second kappa shape index (κ2) is 5.76. The first-order valence-corrected chi connectivity index (χ1v) is 6.98. The molecule has 0 radical (unpaired) electrons. The van der Waals surface area contributed by atoms with Gasteiger partial charge in [-0.2, -0.15) is 0 Å². The molecule has 0 saturated carbocycles. The molecule has 98 valence electrons. The van der Waals surface area contributed by atoms with E-state index in [1.165, 1.54) is 0 Å². The van der Waals surface area contributed by atoms with E-state index in [-0.39, 0.29) is 5.91 Å². The van der Waals surface area contributed by atoms with E-state index in [2.05, 4.69) is 21.2 Å². The van der Waals surface area contributed by atoms with Crippen LogP contribution in [0.15, 0.2) is 40.9 Å². The first-order chi connectivity index (χ1) is 8.97. The summed E-state index contributed by atoms with van der Waals surface area (Å²) in [6.07, 6.45) is 0. The van der Waals surface area contributed by atoms with Crippen LogP contribution in [0.1, 0.15) is 21.5 Å². The second-order valence-electron chi connectivity index (χ2n) is 4.40. The Labute approximate surface area is 125 Å². The van der Waals surface area contributed by atoms with Crippen molar-refractivity contribution >= 4 is 39.1 Å². The van der Waals surface area contributed by atoms with Gasteiger partial charge in [-0.15, -0.1) is 0 Å². The predicted octanol–water partition coefficient (Wildman–Crippen LogP) is 4.97. The summed E-state index contributed by atoms with van der Waals surface area (Å²) in [7, 11) is 0. The minimum Gasteiger partial charge on any atom is -0.320 e. The first kappa shape index (κ1) is 14.1. The van der Waals surface area contributed by atoms with Crippen LogP contribution in [0.4, 0.5) is 5.69 Å². The van der Waals surface area contributed by atoms with Crippen LogP contribution in [0, 0.1) is 13.8 Å². The van der Waals surface area contributed by atoms with E-state index in [1.54, 1.807) is 12.1 Å². The van der Waals surface area contributed by atoms with Crippen LogP contribution in [0.5, 0.6) is 0 Å². The summed E-state index contributed by atoms with van der Waals surface area (Å²) in [5.41, 5.74) is 3.28. The fourth-order valence-corrected chi connectivity index (χ4v) is 2.66. The van der Waals surface area contributed by atoms with Crippen molar-refractivity contribution in [2.24, 2.45) is 0 Å². The van der Waals surface area contributed by atoms with Crippen molar-refractivity contribution in [3.05, 3.63) is 62.6 Å². The van der Waals surface area contributed by atoms with Crippen molar-refractivity contribution in [3.63, 3.8) is 0 Å². The molecule has 4 heteroatoms. The highest BCUT2D eigenvalue weighted by Crippen LogP contribution is 2.28. The maximum atomic E-state index is 12.2. The highest BCUT2D eigenvalue weighted by molar-refractivity contribution is 9.10. The summed E-state index contributed by atoms with van der Waals surface area (Å²) >= 11 is 9.52. The number of amides is 1. The number of anilines is 1. The molecule has 0 bridgehead atoms. The summed E-state index contributed by atoms with van der Waals surface area (Å²) in [6, 6.07) is 11.1. The minimum atomic E-state index is -0.171. The summed E-state index contributed by atoms with van der Waals surface area (Å²) < 4.78 is 0.867. The first-order valence-electron chi connectivity index (χ1n) is 5.81. The number of hydrogen-bond donors (Lipinski definition) is 1. The van der Waals surface area contributed by atoms with Crippen molar-refractivity contribution < 1.29 is 4.79 Å². The molecule has 2 nitrogen and oxygen atoms in total. The van der Waals surface area contributed by atoms with Gasteiger partial charge in [0.05, 0.1) is 10.7 Å². The van der Waals surface area contributed by atoms with Gasteiger partial charge in [0, 0.05) is 10.0 Å². The summed E-state index contributed by atoms with van der Waals surface area (Å²) in [5, 5.41) is 3.41. The van der Waals surface area contributed by atoms with Gasteiger partial charge in [0.25, 0.3) is 5.91 Å². The van der Waals surface area contributed by atoms with E-state index in [4.69, 9.17) is 11.6 Å². The zero-order valence-corrected chi connectivity index (χ0v) is 13.0. The number of rotatable bonds is 2. The smallest absolute Gasteiger partial charge is 0.255 e. The van der Waals surface area contributed by atoms with Gasteiger partial charge in [-0.25, -0.2) is 0 Å². The molecule has 0 atom stereocenters. The second-order valence-corrected chi connectivity index (χ2v) is 5.73. The van der Waals surface area contributed by atoms with Crippen LogP contribution in [-0.2, 0) is 0 Å². The standard InChI is InChI=1S/C15H13BrClNO/c1-9-6-10(2)14(13(17)7-9)18-15(19)11-4-3-5-12(16)8-11/h3-8H,1-2H3,(H,18,19). The summed E-state index contributed by atoms with van der Waals surface area (Å²) in [4.78, 5) is 12.2. The third-order valence-corrected chi connectivity index (χ3v) is 3.55. The molecule has 0 aromatic heterocycles. The monoisotopic (exact) mass is 337 g/mol. The normalized spacial score (nSPS) is 10.3. The molecule has 1 amide bonds. The maximum Gasteiger partial charge on any atom is 0.255 e. The Morgan fingerprint density at radius 2 is 1.95 bits per heavy atom. The van der Waals surface area contributed by atoms with Gasteiger partial charge in [0.1, 0.15) is 0 Å². The Morgan fingerprint density at radius 3 is 2.58 bits per heavy atom. The van der Waals surface area contributed by atoms with Crippen LogP contribution in [0.3, 0.4) is 0 Å². The highest BCUT2D eigenvalue weighted by Gasteiger charge is 2.11. The number of hydrogen-bond acceptors (Lipinski definition) is 1. The molecule has 0 aliphatic heterocycles. The molecule has 0 heterocycles. The minimum absolute atomic E-state index is 0.171. The molecule has 0 unspecified atom stereocenters. The lowest BCUT2D eigenvalue weighted by molar-refractivity contribution is 0.102. The largest absolute Gasteiger partial charge is 0.320 e. The van der Waals surface area contributed by atoms with Crippen LogP contribution in [0.2, 0.25) is 5.02 Å². The van der Waals surface area contributed by atoms with E-state index in [0.29, 0.717) is 16.3 Å². The van der Waals surface area contributed by atoms with Gasteiger partial charge in [-0.1, -0.05) is 39.7 Å². The molecule has 1 N–H and O–H groups in total. The third-order valence-electron chi connectivity index (χ3n) is 2.76. The van der Waals surface area contributed by atoms with Crippen LogP contribution < -0.4 is 5.32 Å². The van der Waals surface area contributed by atoms with Crippen molar-refractivity contribution in [1.29, 1.82) is 0 Å². The highest BCUT2D eigenvalue weighted by atomic mass is 79.9. The van der Waals surface area contributed by atoms with Gasteiger partial charge in [0.2, 0.25) is 0 Å². The molecule has 0 saturated heterocycles. The Hall–Kier alpha value is -1.32. The molecule has 0 spiro atoms. The quantitative estimate of drug-likeness (QED) is 0.823. The van der Waals surface area contributed by atoms with Crippen LogP contribution in [0.25, 0.3) is 0 Å². The SMILES string of the molecule is Cc1cc(C)c(NC(=O)c2cccc(Br)c2)c(Cl)c1. The maximum absolute atomic E-state index is 12.2. The van der Waals surface area contributed by atoms with Crippen molar-refractivity contribution in [3.8, 4) is 0 Å². The number of carbonyl (C=O) groups excluding carboxylic acids is 1. The lowest BCUT2D eigenvalue weighted by atomic mass is 10.1. The summed E-state index contributed by atoms with van der Waals surface area (Å²) in [6.45, 7) is 3.90. The molecule has 2 aromatic carbocycles. The van der Waals surface area contributed by atoms with Gasteiger partial charge in [-0.05, 0) is 49.2 Å². The Morgan fingerprint density at radius 1 is 1.21 bits per heavy atom. The van der Waals surface area contributed by atoms with Crippen molar-refractivity contribution in [1.82, 2.24) is 0 Å². The van der Waals surface area contributed by atoms with Crippen LogP contribution >= 0.6 is 27.5 Å².